The van der Waals surface area contributed by atoms with Gasteiger partial charge >= 0.3 is 0 Å². The number of aliphatic hydroxyl groups is 1. The number of rotatable bonds is 9. The first kappa shape index (κ1) is 27.0. The van der Waals surface area contributed by atoms with Crippen molar-refractivity contribution in [2.24, 2.45) is 0 Å². The zero-order chi connectivity index (χ0) is 27.6. The van der Waals surface area contributed by atoms with Crippen LogP contribution in [0.3, 0.4) is 0 Å². The normalized spacial score (nSPS) is 11.8. The molecule has 0 saturated heterocycles. The third-order valence-corrected chi connectivity index (χ3v) is 5.51. The number of nitrogens with two attached hydrogens (primary N) is 1. The minimum absolute atomic E-state index is 0.0294. The number of hydrogen-bond donors (Lipinski definition) is 2. The van der Waals surface area contributed by atoms with E-state index in [1.165, 1.54) is 35.1 Å². The van der Waals surface area contributed by atoms with Gasteiger partial charge in [0, 0.05) is 11.3 Å². The Labute approximate surface area is 217 Å². The van der Waals surface area contributed by atoms with E-state index in [2.05, 4.69) is 25.1 Å². The van der Waals surface area contributed by atoms with Crippen LogP contribution in [0, 0.1) is 12.7 Å². The van der Waals surface area contributed by atoms with E-state index in [0.717, 1.165) is 0 Å². The molecule has 0 bridgehead atoms. The van der Waals surface area contributed by atoms with Crippen LogP contribution < -0.4 is 10.5 Å². The zero-order valence-electron chi connectivity index (χ0n) is 21.4. The van der Waals surface area contributed by atoms with Gasteiger partial charge in [-0.05, 0) is 69.2 Å². The van der Waals surface area contributed by atoms with Gasteiger partial charge in [0.15, 0.2) is 0 Å². The Hall–Kier alpha value is -4.06. The van der Waals surface area contributed by atoms with Crippen LogP contribution in [0.15, 0.2) is 36.4 Å². The van der Waals surface area contributed by atoms with Gasteiger partial charge in [0.2, 0.25) is 11.8 Å². The van der Waals surface area contributed by atoms with E-state index in [1.54, 1.807) is 26.8 Å². The highest BCUT2D eigenvalue weighted by atomic mass is 19.3. The van der Waals surface area contributed by atoms with Crippen LogP contribution in [0.4, 0.5) is 19.1 Å². The van der Waals surface area contributed by atoms with Crippen molar-refractivity contribution in [1.82, 2.24) is 29.9 Å². The lowest BCUT2D eigenvalue weighted by molar-refractivity contribution is 0.0528. The van der Waals surface area contributed by atoms with Crippen LogP contribution in [0.25, 0.3) is 22.4 Å². The molecular formula is C26H28F3N7O2. The Bertz CT molecular complexity index is 1430. The van der Waals surface area contributed by atoms with E-state index in [1.807, 2.05) is 6.92 Å². The molecule has 0 aliphatic rings. The summed E-state index contributed by atoms with van der Waals surface area (Å²) in [6.07, 6.45) is -2.24. The molecule has 38 heavy (non-hydrogen) atoms. The third-order valence-electron chi connectivity index (χ3n) is 5.51. The van der Waals surface area contributed by atoms with Gasteiger partial charge in [-0.25, -0.2) is 18.2 Å². The second-order valence-corrected chi connectivity index (χ2v) is 9.42. The number of halogens is 3. The predicted octanol–water partition coefficient (Wildman–Crippen LogP) is 4.68. The van der Waals surface area contributed by atoms with Crippen LogP contribution in [-0.2, 0) is 19.6 Å². The standard InChI is InChI=1S/C26H28F3N7O2/c1-5-18-20(35-36(34-18)13-26(3,4)37)12-38-24-21(16-10-14(2)31-19(11-16)23(28)29)22(32-25(30)33-24)15-6-8-17(27)9-7-15/h6-11,23,37H,5,12-13H2,1-4H3,(H2,30,32,33). The molecule has 0 radical (unpaired) electrons. The second kappa shape index (κ2) is 10.7. The average Bonchev–Trinajstić information content (AvgIpc) is 3.22. The topological polar surface area (TPSA) is 125 Å². The number of aromatic nitrogens is 6. The molecule has 12 heteroatoms. The molecule has 0 aliphatic heterocycles. The molecule has 0 unspecified atom stereocenters. The summed E-state index contributed by atoms with van der Waals surface area (Å²) < 4.78 is 47.0. The molecule has 0 spiro atoms. The van der Waals surface area contributed by atoms with Gasteiger partial charge in [-0.2, -0.15) is 20.0 Å². The summed E-state index contributed by atoms with van der Waals surface area (Å²) in [6, 6.07) is 8.37. The molecule has 200 valence electrons. The smallest absolute Gasteiger partial charge is 0.280 e. The van der Waals surface area contributed by atoms with Crippen molar-refractivity contribution in [3.63, 3.8) is 0 Å². The van der Waals surface area contributed by atoms with E-state index in [4.69, 9.17) is 10.5 Å². The summed E-state index contributed by atoms with van der Waals surface area (Å²) in [5.41, 5.74) is 7.49. The monoisotopic (exact) mass is 527 g/mol. The fourth-order valence-corrected chi connectivity index (χ4v) is 3.95. The van der Waals surface area contributed by atoms with Gasteiger partial charge < -0.3 is 15.6 Å². The van der Waals surface area contributed by atoms with Crippen molar-refractivity contribution in [1.29, 1.82) is 0 Å². The quantitative estimate of drug-likeness (QED) is 0.322. The molecule has 0 fully saturated rings. The molecule has 0 saturated carbocycles. The lowest BCUT2D eigenvalue weighted by Crippen LogP contribution is -2.27. The Kier molecular flexibility index (Phi) is 7.63. The zero-order valence-corrected chi connectivity index (χ0v) is 21.4. The lowest BCUT2D eigenvalue weighted by atomic mass is 9.99. The van der Waals surface area contributed by atoms with Crippen LogP contribution in [0.5, 0.6) is 5.88 Å². The van der Waals surface area contributed by atoms with E-state index in [0.29, 0.717) is 40.2 Å². The highest BCUT2D eigenvalue weighted by Crippen LogP contribution is 2.39. The number of ether oxygens (including phenoxy) is 1. The van der Waals surface area contributed by atoms with Crippen LogP contribution >= 0.6 is 0 Å². The maximum absolute atomic E-state index is 13.7. The molecule has 3 aromatic heterocycles. The maximum Gasteiger partial charge on any atom is 0.280 e. The molecule has 0 atom stereocenters. The first-order valence-electron chi connectivity index (χ1n) is 11.9. The van der Waals surface area contributed by atoms with Crippen molar-refractivity contribution >= 4 is 5.95 Å². The molecule has 0 aliphatic carbocycles. The first-order valence-corrected chi connectivity index (χ1v) is 11.9. The molecule has 3 heterocycles. The summed E-state index contributed by atoms with van der Waals surface area (Å²) >= 11 is 0. The Balaban J connectivity index is 1.83. The van der Waals surface area contributed by atoms with Gasteiger partial charge in [0.05, 0.1) is 29.1 Å². The Morgan fingerprint density at radius 2 is 1.71 bits per heavy atom. The number of aryl methyl sites for hydroxylation is 2. The van der Waals surface area contributed by atoms with Crippen molar-refractivity contribution in [3.8, 4) is 28.3 Å². The van der Waals surface area contributed by atoms with Gasteiger partial charge in [-0.3, -0.25) is 4.98 Å². The SMILES string of the molecule is CCc1nn(CC(C)(C)O)nc1COc1nc(N)nc(-c2ccc(F)cc2)c1-c1cc(C)nc(C(F)F)c1. The average molecular weight is 528 g/mol. The first-order chi connectivity index (χ1) is 17.9. The van der Waals surface area contributed by atoms with Crippen molar-refractivity contribution in [2.75, 3.05) is 5.73 Å². The summed E-state index contributed by atoms with van der Waals surface area (Å²) in [5.74, 6) is -0.541. The number of nitrogen functional groups attached to an aromatic ring is 1. The molecule has 3 N–H and O–H groups in total. The van der Waals surface area contributed by atoms with Gasteiger partial charge in [-0.15, -0.1) is 0 Å². The molecular weight excluding hydrogens is 499 g/mol. The molecule has 4 aromatic rings. The van der Waals surface area contributed by atoms with Crippen molar-refractivity contribution in [2.45, 2.75) is 59.3 Å². The summed E-state index contributed by atoms with van der Waals surface area (Å²) in [4.78, 5) is 13.9. The van der Waals surface area contributed by atoms with Gasteiger partial charge in [-0.1, -0.05) is 6.92 Å². The molecule has 9 nitrogen and oxygen atoms in total. The Morgan fingerprint density at radius 1 is 1.03 bits per heavy atom. The van der Waals surface area contributed by atoms with E-state index in [-0.39, 0.29) is 30.7 Å². The maximum atomic E-state index is 13.7. The molecule has 1 aromatic carbocycles. The minimum Gasteiger partial charge on any atom is -0.470 e. The fourth-order valence-electron chi connectivity index (χ4n) is 3.95. The number of alkyl halides is 2. The van der Waals surface area contributed by atoms with Gasteiger partial charge in [0.1, 0.15) is 23.8 Å². The van der Waals surface area contributed by atoms with Crippen LogP contribution in [-0.4, -0.2) is 40.7 Å². The summed E-state index contributed by atoms with van der Waals surface area (Å²) in [7, 11) is 0. The van der Waals surface area contributed by atoms with Crippen LogP contribution in [0.2, 0.25) is 0 Å². The number of benzene rings is 1. The number of hydrogen-bond acceptors (Lipinski definition) is 8. The number of pyridine rings is 1. The fraction of sp³-hybridized carbons (Fsp3) is 0.346. The van der Waals surface area contributed by atoms with Crippen LogP contribution in [0.1, 0.15) is 50.0 Å². The molecule has 0 amide bonds. The predicted molar refractivity (Wildman–Crippen MR) is 135 cm³/mol. The largest absolute Gasteiger partial charge is 0.470 e. The highest BCUT2D eigenvalue weighted by Gasteiger charge is 2.23. The second-order valence-electron chi connectivity index (χ2n) is 9.42. The van der Waals surface area contributed by atoms with Crippen molar-refractivity contribution in [3.05, 3.63) is 65.0 Å². The van der Waals surface area contributed by atoms with E-state index >= 15 is 0 Å². The summed E-state index contributed by atoms with van der Waals surface area (Å²) in [6.45, 7) is 6.92. The Morgan fingerprint density at radius 3 is 2.34 bits per heavy atom. The van der Waals surface area contributed by atoms with Crippen molar-refractivity contribution < 1.29 is 23.0 Å². The summed E-state index contributed by atoms with van der Waals surface area (Å²) in [5, 5.41) is 19.0. The number of nitrogens with zero attached hydrogens (tertiary/aromatic N) is 6. The third kappa shape index (κ3) is 6.25. The lowest BCUT2D eigenvalue weighted by Gasteiger charge is -2.16. The van der Waals surface area contributed by atoms with E-state index < -0.39 is 23.5 Å². The highest BCUT2D eigenvalue weighted by molar-refractivity contribution is 5.85. The minimum atomic E-state index is -2.81. The number of anilines is 1. The molecule has 4 rings (SSSR count). The van der Waals surface area contributed by atoms with E-state index in [9.17, 15) is 18.3 Å². The van der Waals surface area contributed by atoms with Gasteiger partial charge in [0.25, 0.3) is 6.43 Å².